The van der Waals surface area contributed by atoms with Crippen LogP contribution < -0.4 is 32.7 Å². The topological polar surface area (TPSA) is 134 Å². The highest BCUT2D eigenvalue weighted by Crippen LogP contribution is 2.35. The molecule has 0 atom stereocenters. The summed E-state index contributed by atoms with van der Waals surface area (Å²) in [5.41, 5.74) is 11.0. The van der Waals surface area contributed by atoms with E-state index in [4.69, 9.17) is 11.5 Å². The van der Waals surface area contributed by atoms with Crippen LogP contribution in [0, 0.1) is 11.8 Å². The molecule has 0 unspecified atom stereocenters. The van der Waals surface area contributed by atoms with Gasteiger partial charge in [0.15, 0.2) is 0 Å². The molecule has 2 rings (SSSR count). The molecule has 2 saturated carbocycles. The van der Waals surface area contributed by atoms with Gasteiger partial charge in [-0.05, 0) is 108 Å². The molecule has 0 aromatic heterocycles. The third-order valence-corrected chi connectivity index (χ3v) is 7.86. The van der Waals surface area contributed by atoms with Gasteiger partial charge in [0.1, 0.15) is 0 Å². The fourth-order valence-corrected chi connectivity index (χ4v) is 5.68. The average molecular weight is 495 g/mol. The minimum Gasteiger partial charge on any atom is -0.338 e. The number of hydrogen-bond acceptors (Lipinski definition) is 4. The van der Waals surface area contributed by atoms with Crippen molar-refractivity contribution in [3.63, 3.8) is 0 Å². The summed E-state index contributed by atoms with van der Waals surface area (Å²) in [5, 5.41) is 12.4. The molecule has 2 aliphatic carbocycles. The van der Waals surface area contributed by atoms with Gasteiger partial charge in [-0.2, -0.15) is 0 Å². The van der Waals surface area contributed by atoms with Gasteiger partial charge in [0.05, 0.1) is 0 Å². The number of rotatable bonds is 16. The second-order valence-electron chi connectivity index (χ2n) is 10.9. The summed E-state index contributed by atoms with van der Waals surface area (Å²) < 4.78 is 0. The molecular formula is C27H54N6O2. The average Bonchev–Trinajstić information content (AvgIpc) is 2.86. The Morgan fingerprint density at radius 2 is 0.914 bits per heavy atom. The molecule has 0 bridgehead atoms. The second kappa shape index (κ2) is 18.7. The molecule has 8 nitrogen and oxygen atoms in total. The van der Waals surface area contributed by atoms with Crippen LogP contribution in [-0.4, -0.2) is 50.3 Å². The zero-order chi connectivity index (χ0) is 25.1. The Morgan fingerprint density at radius 1 is 0.543 bits per heavy atom. The van der Waals surface area contributed by atoms with Crippen LogP contribution in [0.25, 0.3) is 0 Å². The smallest absolute Gasteiger partial charge is 0.315 e. The molecule has 0 radical (unpaired) electrons. The molecule has 8 heteroatoms. The highest BCUT2D eigenvalue weighted by atomic mass is 16.2. The maximum atomic E-state index is 12.1. The lowest BCUT2D eigenvalue weighted by molar-refractivity contribution is 0.198. The lowest BCUT2D eigenvalue weighted by atomic mass is 9.75. The first-order valence-corrected chi connectivity index (χ1v) is 14.6. The minimum atomic E-state index is -0.00581. The van der Waals surface area contributed by atoms with Crippen molar-refractivity contribution in [3.8, 4) is 0 Å². The molecule has 0 aromatic carbocycles. The van der Waals surface area contributed by atoms with Gasteiger partial charge < -0.3 is 32.7 Å². The van der Waals surface area contributed by atoms with Crippen molar-refractivity contribution < 1.29 is 9.59 Å². The van der Waals surface area contributed by atoms with E-state index < -0.39 is 0 Å². The Morgan fingerprint density at radius 3 is 1.29 bits per heavy atom. The van der Waals surface area contributed by atoms with E-state index in [1.807, 2.05) is 0 Å². The largest absolute Gasteiger partial charge is 0.338 e. The first-order chi connectivity index (χ1) is 17.1. The fraction of sp³-hybridized carbons (Fsp3) is 0.926. The van der Waals surface area contributed by atoms with Gasteiger partial charge >= 0.3 is 12.1 Å². The van der Waals surface area contributed by atoms with Crippen LogP contribution in [0.15, 0.2) is 0 Å². The van der Waals surface area contributed by atoms with Crippen molar-refractivity contribution in [2.75, 3.05) is 26.2 Å². The molecule has 0 spiro atoms. The molecule has 2 fully saturated rings. The minimum absolute atomic E-state index is 0.00581. The molecule has 4 amide bonds. The van der Waals surface area contributed by atoms with Gasteiger partial charge in [-0.3, -0.25) is 0 Å². The van der Waals surface area contributed by atoms with Crippen molar-refractivity contribution in [1.82, 2.24) is 21.3 Å². The van der Waals surface area contributed by atoms with Gasteiger partial charge in [-0.15, -0.1) is 0 Å². The first-order valence-electron chi connectivity index (χ1n) is 14.6. The number of urea groups is 2. The predicted octanol–water partition coefficient (Wildman–Crippen LogP) is 4.13. The maximum Gasteiger partial charge on any atom is 0.315 e. The lowest BCUT2D eigenvalue weighted by Gasteiger charge is -2.34. The van der Waals surface area contributed by atoms with E-state index in [2.05, 4.69) is 21.3 Å². The standard InChI is InChI=1S/C27H54N6O2/c28-17-5-1-3-7-19-30-26(34)32-24-13-9-22(10-14-24)21-23-11-15-25(16-12-23)33-27(35)31-20-8-4-2-6-18-29/h22-25H,1-21,28-29H2,(H2,30,32,34)(H2,31,33,35). The number of unbranched alkanes of at least 4 members (excludes halogenated alkanes) is 6. The zero-order valence-corrected chi connectivity index (χ0v) is 22.1. The van der Waals surface area contributed by atoms with E-state index in [0.717, 1.165) is 115 Å². The van der Waals surface area contributed by atoms with Crippen LogP contribution >= 0.6 is 0 Å². The van der Waals surface area contributed by atoms with E-state index >= 15 is 0 Å². The third-order valence-electron chi connectivity index (χ3n) is 7.86. The molecule has 35 heavy (non-hydrogen) atoms. The van der Waals surface area contributed by atoms with Crippen LogP contribution in [0.4, 0.5) is 9.59 Å². The number of amides is 4. The van der Waals surface area contributed by atoms with Crippen molar-refractivity contribution in [1.29, 1.82) is 0 Å². The fourth-order valence-electron chi connectivity index (χ4n) is 5.68. The Labute approximate surface area is 213 Å². The molecule has 8 N–H and O–H groups in total. The molecule has 0 saturated heterocycles. The van der Waals surface area contributed by atoms with Crippen molar-refractivity contribution >= 4 is 12.1 Å². The second-order valence-corrected chi connectivity index (χ2v) is 10.9. The first kappa shape index (κ1) is 29.7. The van der Waals surface area contributed by atoms with E-state index in [1.165, 1.54) is 32.1 Å². The molecule has 0 aliphatic heterocycles. The van der Waals surface area contributed by atoms with Crippen LogP contribution in [0.5, 0.6) is 0 Å². The van der Waals surface area contributed by atoms with Gasteiger partial charge in [-0.25, -0.2) is 9.59 Å². The van der Waals surface area contributed by atoms with Crippen LogP contribution in [-0.2, 0) is 0 Å². The van der Waals surface area contributed by atoms with Crippen LogP contribution in [0.2, 0.25) is 0 Å². The predicted molar refractivity (Wildman–Crippen MR) is 144 cm³/mol. The lowest BCUT2D eigenvalue weighted by Crippen LogP contribution is -2.44. The maximum absolute atomic E-state index is 12.1. The van der Waals surface area contributed by atoms with E-state index in [-0.39, 0.29) is 12.1 Å². The summed E-state index contributed by atoms with van der Waals surface area (Å²) in [7, 11) is 0. The SMILES string of the molecule is NCCCCCCNC(=O)NC1CCC(CC2CCC(NC(=O)NCCCCCCN)CC2)CC1. The Bertz CT molecular complexity index is 512. The van der Waals surface area contributed by atoms with Gasteiger partial charge in [0.25, 0.3) is 0 Å². The highest BCUT2D eigenvalue weighted by Gasteiger charge is 2.28. The van der Waals surface area contributed by atoms with Crippen molar-refractivity contribution in [3.05, 3.63) is 0 Å². The molecule has 204 valence electrons. The quantitative estimate of drug-likeness (QED) is 0.180. The molecule has 2 aliphatic rings. The Kier molecular flexibility index (Phi) is 15.9. The summed E-state index contributed by atoms with van der Waals surface area (Å²) >= 11 is 0. The molecule has 0 heterocycles. The summed E-state index contributed by atoms with van der Waals surface area (Å²) in [5.74, 6) is 1.58. The van der Waals surface area contributed by atoms with E-state index in [1.54, 1.807) is 0 Å². The normalized spacial score (nSPS) is 24.5. The van der Waals surface area contributed by atoms with E-state index in [0.29, 0.717) is 12.1 Å². The third kappa shape index (κ3) is 14.0. The van der Waals surface area contributed by atoms with Gasteiger partial charge in [-0.1, -0.05) is 25.7 Å². The summed E-state index contributed by atoms with van der Waals surface area (Å²) in [6.07, 6.45) is 19.3. The number of carbonyl (C=O) groups is 2. The van der Waals surface area contributed by atoms with Crippen molar-refractivity contribution in [2.24, 2.45) is 23.3 Å². The number of hydrogen-bond donors (Lipinski definition) is 6. The summed E-state index contributed by atoms with van der Waals surface area (Å²) in [6.45, 7) is 3.01. The van der Waals surface area contributed by atoms with E-state index in [9.17, 15) is 9.59 Å². The highest BCUT2D eigenvalue weighted by molar-refractivity contribution is 5.74. The monoisotopic (exact) mass is 494 g/mol. The zero-order valence-electron chi connectivity index (χ0n) is 22.1. The van der Waals surface area contributed by atoms with Crippen LogP contribution in [0.3, 0.4) is 0 Å². The van der Waals surface area contributed by atoms with Gasteiger partial charge in [0.2, 0.25) is 0 Å². The van der Waals surface area contributed by atoms with Crippen LogP contribution in [0.1, 0.15) is 109 Å². The summed E-state index contributed by atoms with van der Waals surface area (Å²) in [6, 6.07) is 0.632. The number of nitrogens with two attached hydrogens (primary N) is 2. The number of nitrogens with one attached hydrogen (secondary N) is 4. The summed E-state index contributed by atoms with van der Waals surface area (Å²) in [4.78, 5) is 24.3. The molecular weight excluding hydrogens is 440 g/mol. The Balaban J connectivity index is 1.48. The molecule has 0 aromatic rings. The Hall–Kier alpha value is -1.54. The number of carbonyl (C=O) groups excluding carboxylic acids is 2. The van der Waals surface area contributed by atoms with Crippen molar-refractivity contribution in [2.45, 2.75) is 121 Å². The van der Waals surface area contributed by atoms with Gasteiger partial charge in [0, 0.05) is 25.2 Å².